The summed E-state index contributed by atoms with van der Waals surface area (Å²) in [7, 11) is 1.30. The molecule has 0 radical (unpaired) electrons. The first-order valence-corrected chi connectivity index (χ1v) is 22.7. The van der Waals surface area contributed by atoms with Crippen LogP contribution in [-0.2, 0) is 47.7 Å². The van der Waals surface area contributed by atoms with E-state index in [9.17, 15) is 34.2 Å². The molecule has 66 heavy (non-hydrogen) atoms. The monoisotopic (exact) mass is 916 g/mol. The standard InChI is InChI=1S/C46H55NO11.C3H7NO2.C2H6/c1-25(19-31(28-15-11-9-12-16-28)47-34(50)23-42(4,5)6)55-32-22-46(54)40(57-41(53)29-17-13-10-14-18-29)38-44(21-30(44)20-33(49)45(38)24-35(51)58-45)39(52)37(56-27(3)48)36(26(32)2)43(46,7)8;1-6-3(5)2-4;1-2/h9-18,30-33,37-38,40,49,54H,1,19-24H2,2-8H3,(H,47,50);2,4H2,1H3;1-2H3/t30-,31-,32+,33-,37?,38+,40+,44?,45+,46-;;/m1../s1. The Morgan fingerprint density at radius 2 is 1.56 bits per heavy atom. The highest BCUT2D eigenvalue weighted by molar-refractivity contribution is 5.98. The molecule has 2 aromatic rings. The lowest BCUT2D eigenvalue weighted by atomic mass is 9.48. The molecule has 5 N–H and O–H groups in total. The molecule has 1 heterocycles. The molecule has 1 saturated heterocycles. The highest BCUT2D eigenvalue weighted by atomic mass is 16.6. The Morgan fingerprint density at radius 1 is 0.970 bits per heavy atom. The third kappa shape index (κ3) is 9.84. The van der Waals surface area contributed by atoms with Crippen molar-refractivity contribution in [2.75, 3.05) is 13.7 Å². The number of esters is 4. The molecule has 2 bridgehead atoms. The van der Waals surface area contributed by atoms with E-state index in [0.29, 0.717) is 11.1 Å². The minimum atomic E-state index is -2.08. The van der Waals surface area contributed by atoms with Crippen LogP contribution in [0.3, 0.4) is 0 Å². The third-order valence-electron chi connectivity index (χ3n) is 13.8. The van der Waals surface area contributed by atoms with Crippen LogP contribution < -0.4 is 11.1 Å². The number of amides is 1. The molecule has 0 aromatic heterocycles. The largest absolute Gasteiger partial charge is 0.491 e. The van der Waals surface area contributed by atoms with Gasteiger partial charge in [0.1, 0.15) is 17.8 Å². The van der Waals surface area contributed by atoms with Gasteiger partial charge in [0.2, 0.25) is 5.91 Å². The van der Waals surface area contributed by atoms with E-state index >= 15 is 4.79 Å². The van der Waals surface area contributed by atoms with Gasteiger partial charge in [0.25, 0.3) is 0 Å². The lowest BCUT2D eigenvalue weighted by Gasteiger charge is -2.63. The summed E-state index contributed by atoms with van der Waals surface area (Å²) in [6.45, 7) is 20.6. The number of nitrogens with one attached hydrogen (secondary N) is 1. The van der Waals surface area contributed by atoms with Crippen molar-refractivity contribution >= 4 is 35.6 Å². The number of fused-ring (bicyclic) bond motifs is 3. The summed E-state index contributed by atoms with van der Waals surface area (Å²) in [5.74, 6) is -4.48. The van der Waals surface area contributed by atoms with E-state index in [0.717, 1.165) is 5.56 Å². The minimum Gasteiger partial charge on any atom is -0.491 e. The van der Waals surface area contributed by atoms with Crippen LogP contribution in [0.2, 0.25) is 0 Å². The summed E-state index contributed by atoms with van der Waals surface area (Å²) >= 11 is 0. The average molecular weight is 917 g/mol. The topological polar surface area (TPSA) is 227 Å². The second-order valence-electron chi connectivity index (χ2n) is 19.6. The molecule has 3 saturated carbocycles. The quantitative estimate of drug-likeness (QED) is 0.0878. The van der Waals surface area contributed by atoms with E-state index in [-0.39, 0.29) is 73.7 Å². The summed E-state index contributed by atoms with van der Waals surface area (Å²) < 4.78 is 29.1. The van der Waals surface area contributed by atoms with Crippen molar-refractivity contribution in [3.05, 3.63) is 95.3 Å². The van der Waals surface area contributed by atoms with E-state index in [2.05, 4.69) is 16.6 Å². The molecule has 1 amide bonds. The lowest BCUT2D eigenvalue weighted by molar-refractivity contribution is -0.283. The molecule has 5 aliphatic rings. The van der Waals surface area contributed by atoms with Crippen LogP contribution in [0, 0.1) is 28.1 Å². The number of hydrogen-bond acceptors (Lipinski definition) is 14. The number of carbonyl (C=O) groups is 6. The van der Waals surface area contributed by atoms with Gasteiger partial charge >= 0.3 is 23.9 Å². The Labute approximate surface area is 387 Å². The van der Waals surface area contributed by atoms with Crippen LogP contribution in [-0.4, -0.2) is 95.1 Å². The summed E-state index contributed by atoms with van der Waals surface area (Å²) in [5.41, 5.74) is -0.154. The fourth-order valence-electron chi connectivity index (χ4n) is 10.7. The molecule has 2 unspecified atom stereocenters. The van der Waals surface area contributed by atoms with E-state index in [4.69, 9.17) is 24.7 Å². The lowest BCUT2D eigenvalue weighted by Crippen LogP contribution is -2.76. The highest BCUT2D eigenvalue weighted by Crippen LogP contribution is 2.74. The van der Waals surface area contributed by atoms with Crippen molar-refractivity contribution in [3.8, 4) is 0 Å². The smallest absolute Gasteiger partial charge is 0.338 e. The maximum absolute atomic E-state index is 15.4. The summed E-state index contributed by atoms with van der Waals surface area (Å²) in [4.78, 5) is 78.3. The molecule has 2 spiro atoms. The van der Waals surface area contributed by atoms with Crippen molar-refractivity contribution in [2.45, 2.75) is 142 Å². The van der Waals surface area contributed by atoms with E-state index < -0.39 is 88.0 Å². The molecule has 7 rings (SSSR count). The Hall–Kier alpha value is -5.38. The predicted molar refractivity (Wildman–Crippen MR) is 243 cm³/mol. The molecular weight excluding hydrogens is 849 g/mol. The molecule has 1 aliphatic heterocycles. The fraction of sp³-hybridized carbons (Fsp3) is 0.569. The number of rotatable bonds is 11. The van der Waals surface area contributed by atoms with Gasteiger partial charge in [-0.2, -0.15) is 0 Å². The molecule has 4 fully saturated rings. The summed E-state index contributed by atoms with van der Waals surface area (Å²) in [5, 5.41) is 28.5. The van der Waals surface area contributed by atoms with E-state index in [1.807, 2.05) is 65.0 Å². The number of benzene rings is 2. The van der Waals surface area contributed by atoms with Crippen molar-refractivity contribution in [2.24, 2.45) is 33.8 Å². The number of methoxy groups -OCH3 is 1. The van der Waals surface area contributed by atoms with Crippen LogP contribution in [0.15, 0.2) is 84.1 Å². The van der Waals surface area contributed by atoms with Gasteiger partial charge in [-0.1, -0.05) is 104 Å². The Balaban J connectivity index is 0.000000945. The molecular formula is C51H68N2O13. The van der Waals surface area contributed by atoms with Gasteiger partial charge in [0.05, 0.1) is 49.5 Å². The zero-order chi connectivity index (χ0) is 49.2. The number of carbonyl (C=O) groups excluding carboxylic acids is 6. The molecule has 15 nitrogen and oxygen atoms in total. The number of ketones is 1. The predicted octanol–water partition coefficient (Wildman–Crippen LogP) is 6.00. The van der Waals surface area contributed by atoms with Gasteiger partial charge in [0, 0.05) is 37.0 Å². The van der Waals surface area contributed by atoms with Crippen molar-refractivity contribution in [1.29, 1.82) is 0 Å². The number of hydrogen-bond donors (Lipinski definition) is 4. The maximum atomic E-state index is 15.4. The third-order valence-corrected chi connectivity index (χ3v) is 13.8. The van der Waals surface area contributed by atoms with Gasteiger partial charge in [0.15, 0.2) is 17.5 Å². The van der Waals surface area contributed by atoms with Crippen molar-refractivity contribution < 1.29 is 62.7 Å². The number of nitrogens with two attached hydrogens (primary N) is 1. The van der Waals surface area contributed by atoms with Gasteiger partial charge in [-0.25, -0.2) is 4.79 Å². The first kappa shape index (κ1) is 51.6. The van der Waals surface area contributed by atoms with Gasteiger partial charge in [-0.05, 0) is 59.9 Å². The van der Waals surface area contributed by atoms with Crippen LogP contribution in [0.1, 0.15) is 123 Å². The molecule has 360 valence electrons. The SMILES string of the molecule is C=C(C[C@@H](NC(=O)CC(C)(C)C)c1ccccc1)O[C@H]1C[C@@]2(O)[C@@H](OC(=O)c3ccccc3)[C@H]3C4(C[C@H]4C[C@@H](O)[C@@]34CC(=O)O4)C(=O)C(OC(C)=O)C(=C1C)C2(C)C.CC.COC(=O)CN. The summed E-state index contributed by atoms with van der Waals surface area (Å²) in [6, 6.07) is 17.1. The average Bonchev–Trinajstić information content (AvgIpc) is 3.98. The minimum absolute atomic E-state index is 0.0312. The molecule has 4 aliphatic carbocycles. The van der Waals surface area contributed by atoms with Gasteiger partial charge in [-0.15, -0.1) is 0 Å². The van der Waals surface area contributed by atoms with Crippen molar-refractivity contribution in [1.82, 2.24) is 5.32 Å². The Kier molecular flexibility index (Phi) is 15.5. The van der Waals surface area contributed by atoms with Gasteiger partial charge < -0.3 is 44.9 Å². The van der Waals surface area contributed by atoms with Crippen molar-refractivity contribution in [3.63, 3.8) is 0 Å². The van der Waals surface area contributed by atoms with E-state index in [1.165, 1.54) is 14.0 Å². The second-order valence-corrected chi connectivity index (χ2v) is 19.6. The summed E-state index contributed by atoms with van der Waals surface area (Å²) in [6.07, 6.45) is -4.88. The zero-order valence-electron chi connectivity index (χ0n) is 39.9. The number of Topliss-reactive ketones (excluding diaryl/α,β-unsaturated/α-hetero) is 1. The van der Waals surface area contributed by atoms with Gasteiger partial charge in [-0.3, -0.25) is 24.0 Å². The second kappa shape index (κ2) is 19.8. The van der Waals surface area contributed by atoms with Crippen LogP contribution in [0.25, 0.3) is 0 Å². The molecule has 10 atom stereocenters. The normalized spacial score (nSPS) is 30.5. The number of ether oxygens (including phenoxy) is 5. The number of aliphatic hydroxyl groups is 2. The first-order chi connectivity index (χ1) is 30.9. The number of aliphatic hydroxyl groups excluding tert-OH is 1. The molecule has 15 heteroatoms. The fourth-order valence-corrected chi connectivity index (χ4v) is 10.7. The van der Waals surface area contributed by atoms with Crippen LogP contribution >= 0.6 is 0 Å². The Bertz CT molecular complexity index is 2180. The zero-order valence-corrected chi connectivity index (χ0v) is 39.9. The van der Waals surface area contributed by atoms with Crippen LogP contribution in [0.5, 0.6) is 0 Å². The molecule has 2 aromatic carbocycles. The first-order valence-electron chi connectivity index (χ1n) is 22.7. The Morgan fingerprint density at radius 3 is 2.08 bits per heavy atom. The van der Waals surface area contributed by atoms with Crippen LogP contribution in [0.4, 0.5) is 0 Å². The van der Waals surface area contributed by atoms with E-state index in [1.54, 1.807) is 51.1 Å². The highest BCUT2D eigenvalue weighted by Gasteiger charge is 2.83. The maximum Gasteiger partial charge on any atom is 0.338 e.